The minimum absolute atomic E-state index is 0.0676. The molecule has 0 unspecified atom stereocenters. The first-order valence-electron chi connectivity index (χ1n) is 6.46. The van der Waals surface area contributed by atoms with Gasteiger partial charge < -0.3 is 4.52 Å². The van der Waals surface area contributed by atoms with E-state index >= 15 is 0 Å². The monoisotopic (exact) mass is 313 g/mol. The minimum atomic E-state index is -3.44. The second-order valence-electron chi connectivity index (χ2n) is 4.89. The highest BCUT2D eigenvalue weighted by atomic mass is 32.2. The first-order valence-corrected chi connectivity index (χ1v) is 8.82. The van der Waals surface area contributed by atoms with Crippen LogP contribution in [0.15, 0.2) is 20.2 Å². The van der Waals surface area contributed by atoms with E-state index in [0.29, 0.717) is 21.5 Å². The van der Waals surface area contributed by atoms with Crippen LogP contribution in [-0.4, -0.2) is 24.6 Å². The van der Waals surface area contributed by atoms with Gasteiger partial charge in [-0.2, -0.15) is 4.98 Å². The standard InChI is InChI=1S/C12H15N3O3S2/c1-8-13-12(14-18-8)9-6-11(19-7-9)20(16,17)15-10-4-2-3-5-10/h6-7,10,15H,2-5H2,1H3. The van der Waals surface area contributed by atoms with Gasteiger partial charge in [0.25, 0.3) is 0 Å². The lowest BCUT2D eigenvalue weighted by atomic mass is 10.3. The Morgan fingerprint density at radius 1 is 1.40 bits per heavy atom. The lowest BCUT2D eigenvalue weighted by Gasteiger charge is -2.10. The maximum Gasteiger partial charge on any atom is 0.250 e. The molecule has 2 aromatic rings. The number of hydrogen-bond acceptors (Lipinski definition) is 6. The summed E-state index contributed by atoms with van der Waals surface area (Å²) >= 11 is 1.17. The van der Waals surface area contributed by atoms with E-state index in [0.717, 1.165) is 25.7 Å². The molecule has 3 rings (SSSR count). The SMILES string of the molecule is Cc1nc(-c2csc(S(=O)(=O)NC3CCCC3)c2)no1. The van der Waals surface area contributed by atoms with Crippen LogP contribution in [0.1, 0.15) is 31.6 Å². The molecule has 20 heavy (non-hydrogen) atoms. The van der Waals surface area contributed by atoms with Crippen LogP contribution >= 0.6 is 11.3 Å². The first kappa shape index (κ1) is 13.7. The molecule has 2 aromatic heterocycles. The van der Waals surface area contributed by atoms with Gasteiger partial charge >= 0.3 is 0 Å². The second kappa shape index (κ2) is 5.27. The number of aryl methyl sites for hydroxylation is 1. The number of nitrogens with one attached hydrogen (secondary N) is 1. The Bertz CT molecular complexity index is 699. The van der Waals surface area contributed by atoms with Gasteiger partial charge in [0.1, 0.15) is 4.21 Å². The van der Waals surface area contributed by atoms with Crippen molar-refractivity contribution in [3.63, 3.8) is 0 Å². The van der Waals surface area contributed by atoms with Gasteiger partial charge in [-0.05, 0) is 18.9 Å². The van der Waals surface area contributed by atoms with Crippen LogP contribution in [0.5, 0.6) is 0 Å². The van der Waals surface area contributed by atoms with Crippen molar-refractivity contribution < 1.29 is 12.9 Å². The van der Waals surface area contributed by atoms with Crippen molar-refractivity contribution in [2.75, 3.05) is 0 Å². The van der Waals surface area contributed by atoms with Crippen LogP contribution in [0.2, 0.25) is 0 Å². The summed E-state index contributed by atoms with van der Waals surface area (Å²) < 4.78 is 32.5. The van der Waals surface area contributed by atoms with E-state index in [9.17, 15) is 8.42 Å². The van der Waals surface area contributed by atoms with Crippen LogP contribution in [0, 0.1) is 6.92 Å². The van der Waals surface area contributed by atoms with Crippen molar-refractivity contribution >= 4 is 21.4 Å². The van der Waals surface area contributed by atoms with Crippen LogP contribution < -0.4 is 4.72 Å². The number of aromatic nitrogens is 2. The second-order valence-corrected chi connectivity index (χ2v) is 7.75. The van der Waals surface area contributed by atoms with E-state index in [2.05, 4.69) is 14.9 Å². The van der Waals surface area contributed by atoms with Gasteiger partial charge in [-0.1, -0.05) is 18.0 Å². The van der Waals surface area contributed by atoms with Crippen LogP contribution in [0.25, 0.3) is 11.4 Å². The third-order valence-corrected chi connectivity index (χ3v) is 6.26. The smallest absolute Gasteiger partial charge is 0.250 e. The van der Waals surface area contributed by atoms with Crippen molar-refractivity contribution in [2.24, 2.45) is 0 Å². The Kier molecular flexibility index (Phi) is 3.61. The molecule has 108 valence electrons. The van der Waals surface area contributed by atoms with Crippen LogP contribution in [0.3, 0.4) is 0 Å². The Labute approximate surface area is 121 Å². The predicted octanol–water partition coefficient (Wildman–Crippen LogP) is 2.33. The zero-order valence-corrected chi connectivity index (χ0v) is 12.6. The third-order valence-electron chi connectivity index (χ3n) is 3.30. The zero-order valence-electron chi connectivity index (χ0n) is 11.0. The van der Waals surface area contributed by atoms with Crippen LogP contribution in [0.4, 0.5) is 0 Å². The molecule has 8 heteroatoms. The number of nitrogens with zero attached hydrogens (tertiary/aromatic N) is 2. The molecule has 0 bridgehead atoms. The summed E-state index contributed by atoms with van der Waals surface area (Å²) in [6.07, 6.45) is 4.01. The summed E-state index contributed by atoms with van der Waals surface area (Å²) in [5.41, 5.74) is 0.665. The molecule has 0 atom stereocenters. The molecule has 0 spiro atoms. The van der Waals surface area contributed by atoms with Gasteiger partial charge in [0.2, 0.25) is 21.7 Å². The summed E-state index contributed by atoms with van der Waals surface area (Å²) in [7, 11) is -3.44. The summed E-state index contributed by atoms with van der Waals surface area (Å²) in [5, 5.41) is 5.52. The number of sulfonamides is 1. The van der Waals surface area contributed by atoms with E-state index in [1.165, 1.54) is 11.3 Å². The largest absolute Gasteiger partial charge is 0.339 e. The lowest BCUT2D eigenvalue weighted by Crippen LogP contribution is -2.32. The topological polar surface area (TPSA) is 85.1 Å². The molecule has 0 aromatic carbocycles. The van der Waals surface area contributed by atoms with E-state index in [1.807, 2.05) is 0 Å². The molecule has 0 radical (unpaired) electrons. The maximum atomic E-state index is 12.3. The molecule has 0 aliphatic heterocycles. The van der Waals surface area contributed by atoms with E-state index in [-0.39, 0.29) is 6.04 Å². The Balaban J connectivity index is 1.81. The number of hydrogen-bond donors (Lipinski definition) is 1. The molecule has 1 saturated carbocycles. The fraction of sp³-hybridized carbons (Fsp3) is 0.500. The van der Waals surface area contributed by atoms with E-state index < -0.39 is 10.0 Å². The molecule has 1 fully saturated rings. The Morgan fingerprint density at radius 3 is 2.80 bits per heavy atom. The predicted molar refractivity (Wildman–Crippen MR) is 74.9 cm³/mol. The van der Waals surface area contributed by atoms with Gasteiger partial charge in [0, 0.05) is 23.9 Å². The van der Waals surface area contributed by atoms with Crippen LogP contribution in [-0.2, 0) is 10.0 Å². The van der Waals surface area contributed by atoms with Gasteiger partial charge in [-0.25, -0.2) is 13.1 Å². The highest BCUT2D eigenvalue weighted by Crippen LogP contribution is 2.28. The van der Waals surface area contributed by atoms with E-state index in [1.54, 1.807) is 18.4 Å². The van der Waals surface area contributed by atoms with Gasteiger partial charge in [-0.3, -0.25) is 0 Å². The molecule has 1 N–H and O–H groups in total. The fourth-order valence-electron chi connectivity index (χ4n) is 2.31. The lowest BCUT2D eigenvalue weighted by molar-refractivity contribution is 0.394. The Hall–Kier alpha value is -1.25. The normalized spacial score (nSPS) is 16.9. The quantitative estimate of drug-likeness (QED) is 0.936. The molecule has 6 nitrogen and oxygen atoms in total. The van der Waals surface area contributed by atoms with Gasteiger partial charge in [-0.15, -0.1) is 11.3 Å². The zero-order chi connectivity index (χ0) is 14.2. The molecule has 0 amide bonds. The molecule has 0 saturated heterocycles. The highest BCUT2D eigenvalue weighted by Gasteiger charge is 2.24. The summed E-state index contributed by atoms with van der Waals surface area (Å²) in [6.45, 7) is 1.70. The molecule has 1 aliphatic carbocycles. The van der Waals surface area contributed by atoms with Crippen molar-refractivity contribution in [1.29, 1.82) is 0 Å². The molecular formula is C12H15N3O3S2. The maximum absolute atomic E-state index is 12.3. The third kappa shape index (κ3) is 2.77. The Morgan fingerprint density at radius 2 is 2.15 bits per heavy atom. The average molecular weight is 313 g/mol. The van der Waals surface area contributed by atoms with Crippen molar-refractivity contribution in [3.8, 4) is 11.4 Å². The van der Waals surface area contributed by atoms with Crippen molar-refractivity contribution in [2.45, 2.75) is 42.9 Å². The molecule has 1 aliphatic rings. The average Bonchev–Trinajstić information content (AvgIpc) is 3.07. The molecular weight excluding hydrogens is 298 g/mol. The number of thiophene rings is 1. The minimum Gasteiger partial charge on any atom is -0.339 e. The highest BCUT2D eigenvalue weighted by molar-refractivity contribution is 7.91. The van der Waals surface area contributed by atoms with Crippen molar-refractivity contribution in [1.82, 2.24) is 14.9 Å². The van der Waals surface area contributed by atoms with E-state index in [4.69, 9.17) is 4.52 Å². The first-order chi connectivity index (χ1) is 9.54. The van der Waals surface area contributed by atoms with Gasteiger partial charge in [0.05, 0.1) is 0 Å². The number of rotatable bonds is 4. The summed E-state index contributed by atoms with van der Waals surface area (Å²) in [6, 6.07) is 1.66. The summed E-state index contributed by atoms with van der Waals surface area (Å²) in [5.74, 6) is 0.876. The summed E-state index contributed by atoms with van der Waals surface area (Å²) in [4.78, 5) is 4.09. The fourth-order valence-corrected chi connectivity index (χ4v) is 4.79. The van der Waals surface area contributed by atoms with Gasteiger partial charge in [0.15, 0.2) is 0 Å². The molecule has 2 heterocycles. The van der Waals surface area contributed by atoms with Crippen molar-refractivity contribution in [3.05, 3.63) is 17.3 Å².